The van der Waals surface area contributed by atoms with E-state index in [1.807, 2.05) is 36.4 Å². The third-order valence-electron chi connectivity index (χ3n) is 3.91. The molecular formula is C16H13Cl2NO. The molecule has 0 saturated heterocycles. The number of halogens is 2. The first-order valence-corrected chi connectivity index (χ1v) is 7.16. The van der Waals surface area contributed by atoms with Crippen molar-refractivity contribution in [2.75, 3.05) is 0 Å². The summed E-state index contributed by atoms with van der Waals surface area (Å²) in [6, 6.07) is 13.6. The highest BCUT2D eigenvalue weighted by Crippen LogP contribution is 2.45. The fourth-order valence-electron chi connectivity index (χ4n) is 2.95. The Morgan fingerprint density at radius 2 is 1.75 bits per heavy atom. The topological polar surface area (TPSA) is 43.1 Å². The Morgan fingerprint density at radius 3 is 2.40 bits per heavy atom. The lowest BCUT2D eigenvalue weighted by Gasteiger charge is -2.13. The number of rotatable bonds is 2. The average Bonchev–Trinajstić information content (AvgIpc) is 2.82. The minimum Gasteiger partial charge on any atom is -0.369 e. The smallest absolute Gasteiger partial charge is 0.225 e. The van der Waals surface area contributed by atoms with Crippen molar-refractivity contribution in [1.29, 1.82) is 0 Å². The van der Waals surface area contributed by atoms with Crippen molar-refractivity contribution in [2.24, 2.45) is 5.73 Å². The van der Waals surface area contributed by atoms with E-state index in [2.05, 4.69) is 0 Å². The van der Waals surface area contributed by atoms with Gasteiger partial charge in [0.15, 0.2) is 0 Å². The number of amides is 1. The van der Waals surface area contributed by atoms with Gasteiger partial charge in [-0.3, -0.25) is 4.79 Å². The van der Waals surface area contributed by atoms with E-state index in [4.69, 9.17) is 28.9 Å². The molecule has 0 unspecified atom stereocenters. The van der Waals surface area contributed by atoms with Crippen molar-refractivity contribution in [3.8, 4) is 0 Å². The zero-order valence-electron chi connectivity index (χ0n) is 10.6. The SMILES string of the molecule is NC(=O)[C@@H]1C[C@@H](c2ccc(Cl)c(Cl)c2)c2ccccc21. The molecule has 20 heavy (non-hydrogen) atoms. The maximum absolute atomic E-state index is 11.6. The summed E-state index contributed by atoms with van der Waals surface area (Å²) < 4.78 is 0. The second-order valence-electron chi connectivity index (χ2n) is 5.05. The van der Waals surface area contributed by atoms with Gasteiger partial charge in [-0.25, -0.2) is 0 Å². The molecule has 0 heterocycles. The highest BCUT2D eigenvalue weighted by molar-refractivity contribution is 6.42. The van der Waals surface area contributed by atoms with E-state index < -0.39 is 0 Å². The van der Waals surface area contributed by atoms with Gasteiger partial charge >= 0.3 is 0 Å². The van der Waals surface area contributed by atoms with Gasteiger partial charge in [-0.15, -0.1) is 0 Å². The highest BCUT2D eigenvalue weighted by atomic mass is 35.5. The third kappa shape index (κ3) is 2.19. The van der Waals surface area contributed by atoms with Crippen LogP contribution in [0.3, 0.4) is 0 Å². The summed E-state index contributed by atoms with van der Waals surface area (Å²) >= 11 is 12.1. The van der Waals surface area contributed by atoms with Crippen LogP contribution in [0.5, 0.6) is 0 Å². The second kappa shape index (κ2) is 5.12. The van der Waals surface area contributed by atoms with Crippen molar-refractivity contribution < 1.29 is 4.79 Å². The molecule has 0 spiro atoms. The van der Waals surface area contributed by atoms with E-state index >= 15 is 0 Å². The number of hydrogen-bond acceptors (Lipinski definition) is 1. The van der Waals surface area contributed by atoms with Gasteiger partial charge in [-0.1, -0.05) is 53.5 Å². The first kappa shape index (κ1) is 13.5. The van der Waals surface area contributed by atoms with Crippen molar-refractivity contribution in [3.05, 3.63) is 69.2 Å². The molecule has 2 atom stereocenters. The van der Waals surface area contributed by atoms with E-state index in [1.165, 1.54) is 0 Å². The molecule has 1 amide bonds. The predicted molar refractivity (Wildman–Crippen MR) is 81.3 cm³/mol. The molecule has 2 N–H and O–H groups in total. The average molecular weight is 306 g/mol. The Balaban J connectivity index is 2.07. The normalized spacial score (nSPS) is 20.7. The minimum atomic E-state index is -0.278. The minimum absolute atomic E-state index is 0.137. The molecule has 1 aliphatic carbocycles. The van der Waals surface area contributed by atoms with E-state index in [1.54, 1.807) is 6.07 Å². The van der Waals surface area contributed by atoms with Crippen LogP contribution < -0.4 is 5.73 Å². The van der Waals surface area contributed by atoms with Crippen molar-refractivity contribution in [3.63, 3.8) is 0 Å². The number of carbonyl (C=O) groups is 1. The quantitative estimate of drug-likeness (QED) is 0.892. The molecule has 2 nitrogen and oxygen atoms in total. The summed E-state index contributed by atoms with van der Waals surface area (Å²) in [5.74, 6) is -0.371. The summed E-state index contributed by atoms with van der Waals surface area (Å²) in [7, 11) is 0. The lowest BCUT2D eigenvalue weighted by molar-refractivity contribution is -0.119. The fraction of sp³-hybridized carbons (Fsp3) is 0.188. The van der Waals surface area contributed by atoms with Gasteiger partial charge < -0.3 is 5.73 Å². The number of fused-ring (bicyclic) bond motifs is 1. The first-order valence-electron chi connectivity index (χ1n) is 6.41. The van der Waals surface area contributed by atoms with Gasteiger partial charge in [-0.2, -0.15) is 0 Å². The summed E-state index contributed by atoms with van der Waals surface area (Å²) in [6.07, 6.45) is 0.687. The molecule has 0 radical (unpaired) electrons. The summed E-state index contributed by atoms with van der Waals surface area (Å²) in [5, 5.41) is 1.07. The van der Waals surface area contributed by atoms with Crippen LogP contribution in [-0.2, 0) is 4.79 Å². The number of hydrogen-bond donors (Lipinski definition) is 1. The Bertz CT molecular complexity index is 684. The second-order valence-corrected chi connectivity index (χ2v) is 5.86. The van der Waals surface area contributed by atoms with Crippen LogP contribution in [-0.4, -0.2) is 5.91 Å². The maximum atomic E-state index is 11.6. The van der Waals surface area contributed by atoms with E-state index in [-0.39, 0.29) is 17.7 Å². The van der Waals surface area contributed by atoms with Crippen LogP contribution in [0.15, 0.2) is 42.5 Å². The number of nitrogens with two attached hydrogens (primary N) is 1. The Kier molecular flexibility index (Phi) is 3.45. The van der Waals surface area contributed by atoms with Gasteiger partial charge in [-0.05, 0) is 35.2 Å². The van der Waals surface area contributed by atoms with Crippen LogP contribution >= 0.6 is 23.2 Å². The first-order chi connectivity index (χ1) is 9.58. The molecule has 0 fully saturated rings. The molecular weight excluding hydrogens is 293 g/mol. The van der Waals surface area contributed by atoms with Crippen LogP contribution in [0.25, 0.3) is 0 Å². The van der Waals surface area contributed by atoms with Crippen LogP contribution in [0.1, 0.15) is 34.9 Å². The zero-order valence-corrected chi connectivity index (χ0v) is 12.2. The van der Waals surface area contributed by atoms with E-state index in [9.17, 15) is 4.79 Å². The molecule has 0 aromatic heterocycles. The largest absolute Gasteiger partial charge is 0.369 e. The van der Waals surface area contributed by atoms with Gasteiger partial charge in [0.25, 0.3) is 0 Å². The molecule has 0 saturated carbocycles. The van der Waals surface area contributed by atoms with Gasteiger partial charge in [0.1, 0.15) is 0 Å². The number of primary amides is 1. The van der Waals surface area contributed by atoms with Gasteiger partial charge in [0.2, 0.25) is 5.91 Å². The summed E-state index contributed by atoms with van der Waals surface area (Å²) in [4.78, 5) is 11.6. The molecule has 3 rings (SSSR count). The number of benzene rings is 2. The Labute approximate surface area is 127 Å². The van der Waals surface area contributed by atoms with Crippen molar-refractivity contribution >= 4 is 29.1 Å². The van der Waals surface area contributed by atoms with Crippen molar-refractivity contribution in [1.82, 2.24) is 0 Å². The lowest BCUT2D eigenvalue weighted by atomic mass is 9.92. The van der Waals surface area contributed by atoms with Crippen LogP contribution in [0, 0.1) is 0 Å². The fourth-order valence-corrected chi connectivity index (χ4v) is 3.26. The molecule has 2 aromatic carbocycles. The van der Waals surface area contributed by atoms with Crippen LogP contribution in [0.2, 0.25) is 10.0 Å². The Morgan fingerprint density at radius 1 is 1.05 bits per heavy atom. The van der Waals surface area contributed by atoms with Gasteiger partial charge in [0.05, 0.1) is 16.0 Å². The summed E-state index contributed by atoms with van der Waals surface area (Å²) in [6.45, 7) is 0. The number of carbonyl (C=O) groups excluding carboxylic acids is 1. The monoisotopic (exact) mass is 305 g/mol. The standard InChI is InChI=1S/C16H13Cl2NO/c17-14-6-5-9(7-15(14)18)12-8-13(16(19)20)11-4-2-1-3-10(11)12/h1-7,12-13H,8H2,(H2,19,20)/t12-,13+/m0/s1. The van der Waals surface area contributed by atoms with E-state index in [0.29, 0.717) is 16.5 Å². The zero-order chi connectivity index (χ0) is 14.3. The molecule has 0 aliphatic heterocycles. The van der Waals surface area contributed by atoms with Crippen molar-refractivity contribution in [2.45, 2.75) is 18.3 Å². The van der Waals surface area contributed by atoms with E-state index in [0.717, 1.165) is 16.7 Å². The van der Waals surface area contributed by atoms with Gasteiger partial charge in [0, 0.05) is 5.92 Å². The molecule has 102 valence electrons. The maximum Gasteiger partial charge on any atom is 0.225 e. The molecule has 2 aromatic rings. The lowest BCUT2D eigenvalue weighted by Crippen LogP contribution is -2.19. The van der Waals surface area contributed by atoms with Crippen LogP contribution in [0.4, 0.5) is 0 Å². The summed E-state index contributed by atoms with van der Waals surface area (Å²) in [5.41, 5.74) is 8.76. The Hall–Kier alpha value is -1.51. The predicted octanol–water partition coefficient (Wildman–Crippen LogP) is 4.10. The molecule has 4 heteroatoms. The third-order valence-corrected chi connectivity index (χ3v) is 4.65. The molecule has 1 aliphatic rings. The highest BCUT2D eigenvalue weighted by Gasteiger charge is 2.34. The molecule has 0 bridgehead atoms.